The summed E-state index contributed by atoms with van der Waals surface area (Å²) in [4.78, 5) is 12.6. The number of methoxy groups -OCH3 is 1. The second-order valence-corrected chi connectivity index (χ2v) is 5.33. The third-order valence-corrected chi connectivity index (χ3v) is 3.95. The van der Waals surface area contributed by atoms with Gasteiger partial charge in [-0.1, -0.05) is 0 Å². The van der Waals surface area contributed by atoms with Crippen LogP contribution in [0.3, 0.4) is 0 Å². The average molecular weight is 258 g/mol. The number of aliphatic carboxylic acids is 1. The molecule has 0 saturated carbocycles. The number of rotatable bonds is 7. The number of ether oxygens (including phenoxy) is 1. The van der Waals surface area contributed by atoms with Crippen LogP contribution >= 0.6 is 23.1 Å². The van der Waals surface area contributed by atoms with E-state index in [1.165, 1.54) is 4.88 Å². The van der Waals surface area contributed by atoms with Gasteiger partial charge >= 0.3 is 5.97 Å². The largest absolute Gasteiger partial charge is 0.478 e. The number of hydrogen-bond acceptors (Lipinski definition) is 4. The molecular weight excluding hydrogens is 244 g/mol. The first-order valence-electron chi connectivity index (χ1n) is 4.79. The predicted octanol–water partition coefficient (Wildman–Crippen LogP) is 2.73. The lowest BCUT2D eigenvalue weighted by Gasteiger charge is -1.97. The van der Waals surface area contributed by atoms with Crippen molar-refractivity contribution in [3.05, 3.63) is 28.0 Å². The molecule has 1 rings (SSSR count). The van der Waals surface area contributed by atoms with Crippen LogP contribution in [0.4, 0.5) is 0 Å². The fraction of sp³-hybridized carbons (Fsp3) is 0.364. The zero-order valence-corrected chi connectivity index (χ0v) is 10.6. The summed E-state index contributed by atoms with van der Waals surface area (Å²) >= 11 is 3.43. The molecule has 0 unspecified atom stereocenters. The fourth-order valence-electron chi connectivity index (χ4n) is 1.03. The minimum atomic E-state index is -0.913. The molecule has 0 radical (unpaired) electrons. The molecule has 1 aromatic rings. The Hall–Kier alpha value is -0.780. The second-order valence-electron chi connectivity index (χ2n) is 3.02. The molecule has 16 heavy (non-hydrogen) atoms. The summed E-state index contributed by atoms with van der Waals surface area (Å²) in [6, 6.07) is 3.97. The van der Waals surface area contributed by atoms with Gasteiger partial charge in [-0.2, -0.15) is 11.8 Å². The molecule has 5 heteroatoms. The predicted molar refractivity (Wildman–Crippen MR) is 69.0 cm³/mol. The zero-order valence-electron chi connectivity index (χ0n) is 9.01. The summed E-state index contributed by atoms with van der Waals surface area (Å²) in [5.74, 6) is 1.02. The third kappa shape index (κ3) is 5.34. The van der Waals surface area contributed by atoms with Crippen molar-refractivity contribution in [2.75, 3.05) is 19.5 Å². The smallest absolute Gasteiger partial charge is 0.328 e. The molecule has 0 aliphatic carbocycles. The second kappa shape index (κ2) is 7.49. The van der Waals surface area contributed by atoms with Crippen molar-refractivity contribution in [1.29, 1.82) is 0 Å². The molecule has 0 bridgehead atoms. The summed E-state index contributed by atoms with van der Waals surface area (Å²) in [5, 5.41) is 8.48. The van der Waals surface area contributed by atoms with Gasteiger partial charge in [0.1, 0.15) is 0 Å². The molecule has 0 aliphatic rings. The maximum atomic E-state index is 10.3. The molecule has 0 atom stereocenters. The molecule has 0 spiro atoms. The van der Waals surface area contributed by atoms with E-state index in [4.69, 9.17) is 9.84 Å². The minimum absolute atomic E-state index is 0.766. The number of thioether (sulfide) groups is 1. The van der Waals surface area contributed by atoms with E-state index >= 15 is 0 Å². The van der Waals surface area contributed by atoms with Crippen molar-refractivity contribution < 1.29 is 14.6 Å². The van der Waals surface area contributed by atoms with E-state index < -0.39 is 5.97 Å². The summed E-state index contributed by atoms with van der Waals surface area (Å²) in [5.41, 5.74) is 0. The molecule has 0 amide bonds. The van der Waals surface area contributed by atoms with Crippen LogP contribution in [0.2, 0.25) is 0 Å². The van der Waals surface area contributed by atoms with Gasteiger partial charge in [-0.3, -0.25) is 0 Å². The van der Waals surface area contributed by atoms with Gasteiger partial charge < -0.3 is 9.84 Å². The molecule has 0 aliphatic heterocycles. The van der Waals surface area contributed by atoms with E-state index in [9.17, 15) is 4.79 Å². The van der Waals surface area contributed by atoms with Crippen LogP contribution in [0.5, 0.6) is 0 Å². The molecule has 88 valence electrons. The lowest BCUT2D eigenvalue weighted by molar-refractivity contribution is -0.131. The lowest BCUT2D eigenvalue weighted by atomic mass is 10.4. The fourth-order valence-corrected chi connectivity index (χ4v) is 2.95. The van der Waals surface area contributed by atoms with Crippen LogP contribution < -0.4 is 0 Å². The first-order valence-corrected chi connectivity index (χ1v) is 6.76. The Kier molecular flexibility index (Phi) is 6.22. The Morgan fingerprint density at radius 2 is 2.44 bits per heavy atom. The Morgan fingerprint density at radius 3 is 3.12 bits per heavy atom. The van der Waals surface area contributed by atoms with Crippen molar-refractivity contribution in [1.82, 2.24) is 0 Å². The summed E-state index contributed by atoms with van der Waals surface area (Å²) in [6.07, 6.45) is 2.78. The Morgan fingerprint density at radius 1 is 1.62 bits per heavy atom. The Labute approximate surface area is 103 Å². The normalized spacial score (nSPS) is 11.1. The quantitative estimate of drug-likeness (QED) is 0.603. The number of carbonyl (C=O) groups is 1. The monoisotopic (exact) mass is 258 g/mol. The van der Waals surface area contributed by atoms with E-state index in [1.54, 1.807) is 24.5 Å². The van der Waals surface area contributed by atoms with Gasteiger partial charge in [0.25, 0.3) is 0 Å². The van der Waals surface area contributed by atoms with Crippen LogP contribution in [0, 0.1) is 0 Å². The lowest BCUT2D eigenvalue weighted by Crippen LogP contribution is -1.91. The number of carboxylic acids is 1. The van der Waals surface area contributed by atoms with Gasteiger partial charge in [0.15, 0.2) is 0 Å². The molecule has 1 heterocycles. The van der Waals surface area contributed by atoms with Gasteiger partial charge in [0.05, 0.1) is 6.61 Å². The van der Waals surface area contributed by atoms with Crippen molar-refractivity contribution in [3.8, 4) is 0 Å². The molecule has 0 saturated heterocycles. The van der Waals surface area contributed by atoms with E-state index in [0.29, 0.717) is 0 Å². The molecule has 0 aromatic carbocycles. The van der Waals surface area contributed by atoms with Gasteiger partial charge in [0, 0.05) is 34.4 Å². The number of carboxylic acid groups (broad SMARTS) is 1. The SMILES string of the molecule is COCCSCc1ccc(C=CC(=O)O)s1. The van der Waals surface area contributed by atoms with Crippen LogP contribution in [-0.2, 0) is 15.3 Å². The summed E-state index contributed by atoms with van der Waals surface area (Å²) in [7, 11) is 1.69. The topological polar surface area (TPSA) is 46.5 Å². The third-order valence-electron chi connectivity index (χ3n) is 1.75. The first-order chi connectivity index (χ1) is 7.72. The highest BCUT2D eigenvalue weighted by Crippen LogP contribution is 2.22. The van der Waals surface area contributed by atoms with Crippen LogP contribution in [0.1, 0.15) is 9.75 Å². The van der Waals surface area contributed by atoms with Gasteiger partial charge in [-0.15, -0.1) is 11.3 Å². The van der Waals surface area contributed by atoms with E-state index in [0.717, 1.165) is 29.1 Å². The van der Waals surface area contributed by atoms with Crippen molar-refractivity contribution in [2.24, 2.45) is 0 Å². The molecule has 1 aromatic heterocycles. The standard InChI is InChI=1S/C11H14O3S2/c1-14-6-7-15-8-10-3-2-9(16-10)4-5-11(12)13/h2-5H,6-8H2,1H3,(H,12,13). The Bertz CT molecular complexity index is 358. The van der Waals surface area contributed by atoms with Crippen molar-refractivity contribution >= 4 is 35.1 Å². The molecular formula is C11H14O3S2. The maximum Gasteiger partial charge on any atom is 0.328 e. The van der Waals surface area contributed by atoms with Crippen molar-refractivity contribution in [2.45, 2.75) is 5.75 Å². The van der Waals surface area contributed by atoms with Gasteiger partial charge in [-0.05, 0) is 18.2 Å². The first kappa shape index (κ1) is 13.3. The minimum Gasteiger partial charge on any atom is -0.478 e. The molecule has 1 N–H and O–H groups in total. The highest BCUT2D eigenvalue weighted by atomic mass is 32.2. The summed E-state index contributed by atoms with van der Waals surface area (Å²) < 4.78 is 4.96. The average Bonchev–Trinajstić information content (AvgIpc) is 2.70. The number of hydrogen-bond donors (Lipinski definition) is 1. The number of thiophene rings is 1. The van der Waals surface area contributed by atoms with Crippen LogP contribution in [-0.4, -0.2) is 30.5 Å². The van der Waals surface area contributed by atoms with E-state index in [1.807, 2.05) is 23.9 Å². The Balaban J connectivity index is 2.36. The van der Waals surface area contributed by atoms with E-state index in [2.05, 4.69) is 0 Å². The van der Waals surface area contributed by atoms with Gasteiger partial charge in [-0.25, -0.2) is 4.79 Å². The summed E-state index contributed by atoms with van der Waals surface area (Å²) in [6.45, 7) is 0.766. The van der Waals surface area contributed by atoms with Crippen molar-refractivity contribution in [3.63, 3.8) is 0 Å². The van der Waals surface area contributed by atoms with Crippen LogP contribution in [0.15, 0.2) is 18.2 Å². The van der Waals surface area contributed by atoms with E-state index in [-0.39, 0.29) is 0 Å². The maximum absolute atomic E-state index is 10.3. The van der Waals surface area contributed by atoms with Crippen LogP contribution in [0.25, 0.3) is 6.08 Å². The zero-order chi connectivity index (χ0) is 11.8. The highest BCUT2D eigenvalue weighted by molar-refractivity contribution is 7.98. The molecule has 3 nitrogen and oxygen atoms in total. The van der Waals surface area contributed by atoms with Gasteiger partial charge in [0.2, 0.25) is 0 Å². The highest BCUT2D eigenvalue weighted by Gasteiger charge is 1.98. The molecule has 0 fully saturated rings.